The van der Waals surface area contributed by atoms with Crippen LogP contribution in [0.15, 0.2) is 6.20 Å². The van der Waals surface area contributed by atoms with Crippen LogP contribution in [0.4, 0.5) is 0 Å². The largest absolute Gasteiger partial charge is 0.376 e. The Bertz CT molecular complexity index is 519. The second-order valence-electron chi connectivity index (χ2n) is 6.19. The molecule has 5 heteroatoms. The number of hydrogen-bond donors (Lipinski definition) is 1. The Balaban J connectivity index is 2.17. The van der Waals surface area contributed by atoms with Gasteiger partial charge < -0.3 is 10.1 Å². The predicted molar refractivity (Wildman–Crippen MR) is 81.4 cm³/mol. The molecule has 0 saturated heterocycles. The summed E-state index contributed by atoms with van der Waals surface area (Å²) in [7, 11) is 1.72. The maximum absolute atomic E-state index is 12.5. The molecule has 0 radical (unpaired) electrons. The van der Waals surface area contributed by atoms with Gasteiger partial charge in [0, 0.05) is 13.3 Å². The second-order valence-corrected chi connectivity index (χ2v) is 6.19. The first kappa shape index (κ1) is 15.9. The van der Waals surface area contributed by atoms with Gasteiger partial charge in [-0.2, -0.15) is 0 Å². The van der Waals surface area contributed by atoms with Crippen molar-refractivity contribution in [1.29, 1.82) is 0 Å². The summed E-state index contributed by atoms with van der Waals surface area (Å²) in [5, 5.41) is 3.06. The molecule has 0 bridgehead atoms. The molecule has 1 aromatic rings. The van der Waals surface area contributed by atoms with Crippen LogP contribution in [0.2, 0.25) is 0 Å². The summed E-state index contributed by atoms with van der Waals surface area (Å²) in [6.07, 6.45) is 4.76. The highest BCUT2D eigenvalue weighted by Crippen LogP contribution is 2.38. The van der Waals surface area contributed by atoms with Gasteiger partial charge in [-0.3, -0.25) is 4.79 Å². The number of aryl methyl sites for hydroxylation is 1. The minimum Gasteiger partial charge on any atom is -0.376 e. The van der Waals surface area contributed by atoms with Gasteiger partial charge in [-0.25, -0.2) is 9.97 Å². The van der Waals surface area contributed by atoms with Crippen LogP contribution in [0.3, 0.4) is 0 Å². The summed E-state index contributed by atoms with van der Waals surface area (Å²) in [5.74, 6) is 0.757. The van der Waals surface area contributed by atoms with Gasteiger partial charge in [-0.05, 0) is 39.0 Å². The Morgan fingerprint density at radius 1 is 1.38 bits per heavy atom. The first-order valence-corrected chi connectivity index (χ1v) is 7.59. The summed E-state index contributed by atoms with van der Waals surface area (Å²) in [6, 6.07) is -0.0231. The number of carbonyl (C=O) groups is 1. The van der Waals surface area contributed by atoms with E-state index in [9.17, 15) is 4.79 Å². The molecule has 1 N–H and O–H groups in total. The highest BCUT2D eigenvalue weighted by atomic mass is 16.5. The van der Waals surface area contributed by atoms with Crippen molar-refractivity contribution < 1.29 is 9.53 Å². The van der Waals surface area contributed by atoms with Crippen molar-refractivity contribution >= 4 is 5.91 Å². The molecule has 1 saturated carbocycles. The fraction of sp³-hybridized carbons (Fsp3) is 0.688. The molecular weight excluding hydrogens is 266 g/mol. The number of nitrogens with zero attached hydrogens (tertiary/aromatic N) is 2. The third-order valence-corrected chi connectivity index (χ3v) is 4.47. The lowest BCUT2D eigenvalue weighted by atomic mass is 9.75. The molecular formula is C16H25N3O2. The predicted octanol–water partition coefficient (Wildman–Crippen LogP) is 2.60. The summed E-state index contributed by atoms with van der Waals surface area (Å²) in [4.78, 5) is 21.1. The van der Waals surface area contributed by atoms with Crippen LogP contribution in [0.25, 0.3) is 0 Å². The van der Waals surface area contributed by atoms with E-state index in [4.69, 9.17) is 4.74 Å². The summed E-state index contributed by atoms with van der Waals surface area (Å²) >= 11 is 0. The smallest absolute Gasteiger partial charge is 0.255 e. The highest BCUT2D eigenvalue weighted by molar-refractivity contribution is 5.95. The van der Waals surface area contributed by atoms with E-state index >= 15 is 0 Å². The van der Waals surface area contributed by atoms with Gasteiger partial charge in [0.15, 0.2) is 0 Å². The van der Waals surface area contributed by atoms with Crippen LogP contribution in [-0.2, 0) is 4.74 Å². The minimum absolute atomic E-state index is 0.0231. The zero-order valence-electron chi connectivity index (χ0n) is 13.6. The molecule has 1 aromatic heterocycles. The molecule has 1 fully saturated rings. The Morgan fingerprint density at radius 2 is 2.05 bits per heavy atom. The van der Waals surface area contributed by atoms with Crippen LogP contribution in [0.1, 0.15) is 67.8 Å². The van der Waals surface area contributed by atoms with Crippen LogP contribution in [0.5, 0.6) is 0 Å². The standard InChI is InChI=1S/C16H25N3O2/c1-10(2)14-13(9-17-12(4)19-14)15(20)18-11(3)16(21-5)7-6-8-16/h9-11H,6-8H2,1-5H3,(H,18,20). The van der Waals surface area contributed by atoms with Crippen molar-refractivity contribution in [2.24, 2.45) is 0 Å². The Hall–Kier alpha value is -1.49. The number of amides is 1. The molecule has 5 nitrogen and oxygen atoms in total. The lowest BCUT2D eigenvalue weighted by Crippen LogP contribution is -2.56. The topological polar surface area (TPSA) is 64.1 Å². The van der Waals surface area contributed by atoms with Crippen LogP contribution >= 0.6 is 0 Å². The maximum Gasteiger partial charge on any atom is 0.255 e. The highest BCUT2D eigenvalue weighted by Gasteiger charge is 2.43. The van der Waals surface area contributed by atoms with Gasteiger partial charge in [0.1, 0.15) is 5.82 Å². The van der Waals surface area contributed by atoms with Gasteiger partial charge in [0.05, 0.1) is 22.9 Å². The summed E-state index contributed by atoms with van der Waals surface area (Å²) < 4.78 is 5.62. The van der Waals surface area contributed by atoms with Gasteiger partial charge in [0.25, 0.3) is 5.91 Å². The number of aromatic nitrogens is 2. The lowest BCUT2D eigenvalue weighted by Gasteiger charge is -2.45. The fourth-order valence-corrected chi connectivity index (χ4v) is 2.85. The monoisotopic (exact) mass is 291 g/mol. The fourth-order valence-electron chi connectivity index (χ4n) is 2.85. The van der Waals surface area contributed by atoms with Crippen molar-refractivity contribution in [3.05, 3.63) is 23.3 Å². The van der Waals surface area contributed by atoms with E-state index in [1.807, 2.05) is 27.7 Å². The van der Waals surface area contributed by atoms with E-state index in [1.165, 1.54) is 0 Å². The minimum atomic E-state index is -0.209. The van der Waals surface area contributed by atoms with Gasteiger partial charge in [-0.1, -0.05) is 13.8 Å². The number of ether oxygens (including phenoxy) is 1. The third-order valence-electron chi connectivity index (χ3n) is 4.47. The number of hydrogen-bond acceptors (Lipinski definition) is 4. The molecule has 1 aliphatic rings. The van der Waals surface area contributed by atoms with Crippen molar-refractivity contribution in [1.82, 2.24) is 15.3 Å². The molecule has 116 valence electrons. The van der Waals surface area contributed by atoms with Crippen molar-refractivity contribution in [2.45, 2.75) is 64.5 Å². The molecule has 1 atom stereocenters. The SMILES string of the molecule is COC1(C(C)NC(=O)c2cnc(C)nc2C(C)C)CCC1. The molecule has 0 aromatic carbocycles. The number of carbonyl (C=O) groups excluding carboxylic acids is 1. The second kappa shape index (κ2) is 6.10. The van der Waals surface area contributed by atoms with E-state index in [0.29, 0.717) is 11.4 Å². The third kappa shape index (κ3) is 3.07. The number of methoxy groups -OCH3 is 1. The van der Waals surface area contributed by atoms with Gasteiger partial charge in [-0.15, -0.1) is 0 Å². The zero-order chi connectivity index (χ0) is 15.6. The van der Waals surface area contributed by atoms with Gasteiger partial charge in [0.2, 0.25) is 0 Å². The Labute approximate surface area is 126 Å². The first-order chi connectivity index (χ1) is 9.89. The Morgan fingerprint density at radius 3 is 2.52 bits per heavy atom. The molecule has 1 heterocycles. The quantitative estimate of drug-likeness (QED) is 0.905. The van der Waals surface area contributed by atoms with Gasteiger partial charge >= 0.3 is 0 Å². The van der Waals surface area contributed by atoms with E-state index in [1.54, 1.807) is 13.3 Å². The first-order valence-electron chi connectivity index (χ1n) is 7.59. The van der Waals surface area contributed by atoms with Crippen molar-refractivity contribution in [2.75, 3.05) is 7.11 Å². The molecule has 21 heavy (non-hydrogen) atoms. The van der Waals surface area contributed by atoms with E-state index < -0.39 is 0 Å². The van der Waals surface area contributed by atoms with Crippen molar-refractivity contribution in [3.8, 4) is 0 Å². The molecule has 1 amide bonds. The van der Waals surface area contributed by atoms with Crippen LogP contribution in [-0.4, -0.2) is 34.6 Å². The number of rotatable bonds is 5. The Kier molecular flexibility index (Phi) is 4.61. The summed E-state index contributed by atoms with van der Waals surface area (Å²) in [5.41, 5.74) is 1.15. The average molecular weight is 291 g/mol. The molecule has 1 unspecified atom stereocenters. The summed E-state index contributed by atoms with van der Waals surface area (Å²) in [6.45, 7) is 7.91. The normalized spacial score (nSPS) is 18.2. The zero-order valence-corrected chi connectivity index (χ0v) is 13.6. The average Bonchev–Trinajstić information content (AvgIpc) is 2.37. The van der Waals surface area contributed by atoms with E-state index in [2.05, 4.69) is 15.3 Å². The molecule has 1 aliphatic carbocycles. The number of nitrogens with one attached hydrogen (secondary N) is 1. The van der Waals surface area contributed by atoms with E-state index in [-0.39, 0.29) is 23.5 Å². The molecule has 0 spiro atoms. The maximum atomic E-state index is 12.5. The van der Waals surface area contributed by atoms with Crippen molar-refractivity contribution in [3.63, 3.8) is 0 Å². The lowest BCUT2D eigenvalue weighted by molar-refractivity contribution is -0.0919. The van der Waals surface area contributed by atoms with E-state index in [0.717, 1.165) is 25.0 Å². The van der Waals surface area contributed by atoms with Crippen LogP contribution in [0, 0.1) is 6.92 Å². The van der Waals surface area contributed by atoms with Crippen LogP contribution < -0.4 is 5.32 Å². The molecule has 0 aliphatic heterocycles. The molecule has 2 rings (SSSR count).